The van der Waals surface area contributed by atoms with Gasteiger partial charge in [-0.15, -0.1) is 0 Å². The summed E-state index contributed by atoms with van der Waals surface area (Å²) in [6.07, 6.45) is 0. The van der Waals surface area contributed by atoms with Crippen LogP contribution in [0.15, 0.2) is 48.5 Å². The molecular weight excluding hydrogens is 412 g/mol. The number of hydrogen-bond donors (Lipinski definition) is 3. The number of hydrogen-bond acceptors (Lipinski definition) is 6. The second kappa shape index (κ2) is 8.64. The first-order chi connectivity index (χ1) is 13.9. The molecule has 0 spiro atoms. The van der Waals surface area contributed by atoms with Crippen molar-refractivity contribution < 1.29 is 29.0 Å². The fourth-order valence-corrected chi connectivity index (χ4v) is 2.87. The Morgan fingerprint density at radius 1 is 0.967 bits per heavy atom. The van der Waals surface area contributed by atoms with Crippen LogP contribution in [0.25, 0.3) is 0 Å². The summed E-state index contributed by atoms with van der Waals surface area (Å²) in [5.41, 5.74) is 2.13. The summed E-state index contributed by atoms with van der Waals surface area (Å²) in [5, 5.41) is 11.8. The van der Waals surface area contributed by atoms with Gasteiger partial charge in [0.1, 0.15) is 5.75 Å². The first-order valence-electron chi connectivity index (χ1n) is 8.82. The average molecular weight is 433 g/mol. The van der Waals surface area contributed by atoms with Gasteiger partial charge in [0.25, 0.3) is 5.66 Å². The van der Waals surface area contributed by atoms with Gasteiger partial charge in [-0.1, -0.05) is 11.6 Å². The SMILES string of the molecule is CC(=O)NC(N)(C(=O)O)C(=O)C(C)(C)Oc1ccc(C(=O)c2ccc(Cl)cc2)cc1. The minimum absolute atomic E-state index is 0.205. The van der Waals surface area contributed by atoms with E-state index < -0.39 is 28.9 Å². The largest absolute Gasteiger partial charge is 0.480 e. The Bertz CT molecular complexity index is 986. The molecule has 0 radical (unpaired) electrons. The Morgan fingerprint density at radius 3 is 1.87 bits per heavy atom. The van der Waals surface area contributed by atoms with E-state index >= 15 is 0 Å². The van der Waals surface area contributed by atoms with E-state index in [0.717, 1.165) is 6.92 Å². The predicted octanol–water partition coefficient (Wildman–Crippen LogP) is 2.17. The number of Topliss-reactive ketones (excluding diaryl/α,β-unsaturated/α-hetero) is 1. The summed E-state index contributed by atoms with van der Waals surface area (Å²) < 4.78 is 5.62. The fraction of sp³-hybridized carbons (Fsp3) is 0.238. The third-order valence-corrected chi connectivity index (χ3v) is 4.46. The van der Waals surface area contributed by atoms with E-state index in [4.69, 9.17) is 22.1 Å². The first-order valence-corrected chi connectivity index (χ1v) is 9.20. The van der Waals surface area contributed by atoms with Gasteiger partial charge in [-0.05, 0) is 62.4 Å². The number of benzene rings is 2. The standard InChI is InChI=1S/C21H21ClN2O6/c1-12(25)24-21(23,19(28)29)18(27)20(2,3)30-16-10-6-14(7-11-16)17(26)13-4-8-15(22)9-5-13/h4-11H,23H2,1-3H3,(H,24,25)(H,28,29). The molecule has 1 unspecified atom stereocenters. The lowest BCUT2D eigenvalue weighted by Gasteiger charge is -2.33. The molecule has 2 aromatic rings. The highest BCUT2D eigenvalue weighted by Gasteiger charge is 2.51. The quantitative estimate of drug-likeness (QED) is 0.330. The van der Waals surface area contributed by atoms with Gasteiger partial charge in [0.15, 0.2) is 11.4 Å². The van der Waals surface area contributed by atoms with E-state index in [1.54, 1.807) is 24.3 Å². The van der Waals surface area contributed by atoms with Crippen LogP contribution < -0.4 is 15.8 Å². The van der Waals surface area contributed by atoms with Crippen LogP contribution in [0, 0.1) is 0 Å². The number of nitrogens with two attached hydrogens (primary N) is 1. The third-order valence-electron chi connectivity index (χ3n) is 4.21. The summed E-state index contributed by atoms with van der Waals surface area (Å²) >= 11 is 5.83. The van der Waals surface area contributed by atoms with Crippen LogP contribution in [0.5, 0.6) is 5.75 Å². The Hall–Kier alpha value is -3.23. The molecule has 4 N–H and O–H groups in total. The maximum absolute atomic E-state index is 12.7. The van der Waals surface area contributed by atoms with Crippen molar-refractivity contribution in [2.24, 2.45) is 5.73 Å². The topological polar surface area (TPSA) is 136 Å². The normalized spacial score (nSPS) is 13.1. The minimum atomic E-state index is -2.65. The number of carbonyl (C=O) groups excluding carboxylic acids is 3. The van der Waals surface area contributed by atoms with Gasteiger partial charge in [0.2, 0.25) is 11.7 Å². The Morgan fingerprint density at radius 2 is 1.43 bits per heavy atom. The van der Waals surface area contributed by atoms with Crippen molar-refractivity contribution >= 4 is 35.0 Å². The molecule has 1 atom stereocenters. The Balaban J connectivity index is 2.21. The van der Waals surface area contributed by atoms with Gasteiger partial charge in [-0.3, -0.25) is 20.1 Å². The number of nitrogens with one attached hydrogen (secondary N) is 1. The number of aliphatic carboxylic acids is 1. The monoisotopic (exact) mass is 432 g/mol. The van der Waals surface area contributed by atoms with Crippen molar-refractivity contribution in [3.63, 3.8) is 0 Å². The lowest BCUT2D eigenvalue weighted by atomic mass is 9.91. The van der Waals surface area contributed by atoms with Crippen LogP contribution >= 0.6 is 11.6 Å². The van der Waals surface area contributed by atoms with Crippen molar-refractivity contribution in [3.05, 3.63) is 64.7 Å². The highest BCUT2D eigenvalue weighted by Crippen LogP contribution is 2.24. The lowest BCUT2D eigenvalue weighted by Crippen LogP contribution is -2.71. The number of ketones is 2. The molecule has 30 heavy (non-hydrogen) atoms. The molecule has 2 rings (SSSR count). The van der Waals surface area contributed by atoms with Gasteiger partial charge in [0, 0.05) is 23.1 Å². The smallest absolute Gasteiger partial charge is 0.352 e. The van der Waals surface area contributed by atoms with Gasteiger partial charge in [0.05, 0.1) is 0 Å². The number of carboxylic acids is 1. The van der Waals surface area contributed by atoms with Crippen LogP contribution in [-0.2, 0) is 14.4 Å². The molecule has 1 amide bonds. The second-order valence-corrected chi connectivity index (χ2v) is 7.53. The second-order valence-electron chi connectivity index (χ2n) is 7.10. The van der Waals surface area contributed by atoms with Crippen LogP contribution in [0.2, 0.25) is 5.02 Å². The highest BCUT2D eigenvalue weighted by atomic mass is 35.5. The molecule has 0 aliphatic heterocycles. The summed E-state index contributed by atoms with van der Waals surface area (Å²) in [6, 6.07) is 12.4. The van der Waals surface area contributed by atoms with Crippen LogP contribution in [0.3, 0.4) is 0 Å². The molecule has 0 heterocycles. The van der Waals surface area contributed by atoms with Crippen LogP contribution in [0.1, 0.15) is 36.7 Å². The summed E-state index contributed by atoms with van der Waals surface area (Å²) in [5.74, 6) is -3.58. The van der Waals surface area contributed by atoms with Gasteiger partial charge >= 0.3 is 5.97 Å². The molecule has 0 aliphatic rings. The minimum Gasteiger partial charge on any atom is -0.480 e. The molecular formula is C21H21ClN2O6. The molecule has 0 aliphatic carbocycles. The van der Waals surface area contributed by atoms with Crippen molar-refractivity contribution in [2.75, 3.05) is 0 Å². The van der Waals surface area contributed by atoms with E-state index in [1.165, 1.54) is 38.1 Å². The molecule has 9 heteroatoms. The number of rotatable bonds is 8. The highest BCUT2D eigenvalue weighted by molar-refractivity contribution is 6.30. The zero-order valence-corrected chi connectivity index (χ0v) is 17.3. The average Bonchev–Trinajstić information content (AvgIpc) is 2.67. The van der Waals surface area contributed by atoms with Gasteiger partial charge in [-0.25, -0.2) is 4.79 Å². The zero-order chi connectivity index (χ0) is 22.7. The van der Waals surface area contributed by atoms with Crippen molar-refractivity contribution in [1.29, 1.82) is 0 Å². The van der Waals surface area contributed by atoms with Crippen LogP contribution in [0.4, 0.5) is 0 Å². The predicted molar refractivity (Wildman–Crippen MR) is 109 cm³/mol. The number of carboxylic acid groups (broad SMARTS) is 1. The fourth-order valence-electron chi connectivity index (χ4n) is 2.74. The van der Waals surface area contributed by atoms with Crippen molar-refractivity contribution in [1.82, 2.24) is 5.32 Å². The number of ether oxygens (including phenoxy) is 1. The molecule has 0 saturated heterocycles. The zero-order valence-electron chi connectivity index (χ0n) is 16.6. The van der Waals surface area contributed by atoms with E-state index in [-0.39, 0.29) is 11.5 Å². The maximum Gasteiger partial charge on any atom is 0.352 e. The molecule has 8 nitrogen and oxygen atoms in total. The lowest BCUT2D eigenvalue weighted by molar-refractivity contribution is -0.157. The van der Waals surface area contributed by atoms with Gasteiger partial charge < -0.3 is 15.2 Å². The molecule has 158 valence electrons. The Kier molecular flexibility index (Phi) is 6.64. The third kappa shape index (κ3) is 5.03. The first kappa shape index (κ1) is 23.1. The molecule has 0 aromatic heterocycles. The summed E-state index contributed by atoms with van der Waals surface area (Å²) in [7, 11) is 0. The summed E-state index contributed by atoms with van der Waals surface area (Å²) in [4.78, 5) is 48.1. The van der Waals surface area contributed by atoms with Gasteiger partial charge in [-0.2, -0.15) is 0 Å². The molecule has 0 bridgehead atoms. The van der Waals surface area contributed by atoms with Crippen molar-refractivity contribution in [2.45, 2.75) is 32.0 Å². The van der Waals surface area contributed by atoms with E-state index in [9.17, 15) is 24.3 Å². The Labute approximate surface area is 178 Å². The molecule has 0 saturated carbocycles. The number of amides is 1. The van der Waals surface area contributed by atoms with E-state index in [2.05, 4.69) is 0 Å². The maximum atomic E-state index is 12.7. The van der Waals surface area contributed by atoms with Crippen LogP contribution in [-0.4, -0.2) is 39.8 Å². The molecule has 0 fully saturated rings. The molecule has 2 aromatic carbocycles. The summed E-state index contributed by atoms with van der Waals surface area (Å²) in [6.45, 7) is 3.70. The van der Waals surface area contributed by atoms with E-state index in [0.29, 0.717) is 16.1 Å². The number of carbonyl (C=O) groups is 4. The van der Waals surface area contributed by atoms with Crippen molar-refractivity contribution in [3.8, 4) is 5.75 Å². The van der Waals surface area contributed by atoms with E-state index in [1.807, 2.05) is 5.32 Å². The number of halogens is 1.